The van der Waals surface area contributed by atoms with Crippen molar-refractivity contribution in [2.24, 2.45) is 0 Å². The van der Waals surface area contributed by atoms with Crippen LogP contribution in [-0.4, -0.2) is 44.9 Å². The first-order valence-electron chi connectivity index (χ1n) is 5.33. The molecule has 0 N–H and O–H groups in total. The molecule has 0 spiro atoms. The van der Waals surface area contributed by atoms with Crippen molar-refractivity contribution in [2.45, 2.75) is 4.90 Å². The Morgan fingerprint density at radius 1 is 1.28 bits per heavy atom. The summed E-state index contributed by atoms with van der Waals surface area (Å²) in [6.07, 6.45) is 0. The molecule has 0 aliphatic carbocycles. The van der Waals surface area contributed by atoms with Crippen LogP contribution in [0.25, 0.3) is 0 Å². The summed E-state index contributed by atoms with van der Waals surface area (Å²) in [5.74, 6) is 0. The molecule has 0 heterocycles. The quantitative estimate of drug-likeness (QED) is 0.705. The molecule has 0 atom stereocenters. The second-order valence-corrected chi connectivity index (χ2v) is 6.71. The number of ether oxygens (including phenoxy) is 1. The smallest absolute Gasteiger partial charge is 0.243 e. The Balaban J connectivity index is 2.96. The summed E-state index contributed by atoms with van der Waals surface area (Å²) in [6, 6.07) is 6.14. The SMILES string of the molecule is COCCN(CCBr)S(=O)(=O)c1ccc(Cl)cc1. The monoisotopic (exact) mass is 355 g/mol. The van der Waals surface area contributed by atoms with E-state index in [9.17, 15) is 8.42 Å². The van der Waals surface area contributed by atoms with Crippen LogP contribution in [0.3, 0.4) is 0 Å². The first-order valence-corrected chi connectivity index (χ1v) is 8.27. The van der Waals surface area contributed by atoms with Gasteiger partial charge in [-0.1, -0.05) is 27.5 Å². The van der Waals surface area contributed by atoms with E-state index in [-0.39, 0.29) is 4.90 Å². The molecule has 0 fully saturated rings. The van der Waals surface area contributed by atoms with Gasteiger partial charge in [0.2, 0.25) is 10.0 Å². The van der Waals surface area contributed by atoms with Crippen LogP contribution in [0.1, 0.15) is 0 Å². The Morgan fingerprint density at radius 3 is 2.39 bits per heavy atom. The summed E-state index contributed by atoms with van der Waals surface area (Å²) in [4.78, 5) is 0.240. The molecule has 1 rings (SSSR count). The predicted octanol–water partition coefficient (Wildman–Crippen LogP) is 2.37. The van der Waals surface area contributed by atoms with Crippen LogP contribution in [0.4, 0.5) is 0 Å². The maximum atomic E-state index is 12.3. The van der Waals surface area contributed by atoms with E-state index >= 15 is 0 Å². The second-order valence-electron chi connectivity index (χ2n) is 3.54. The molecule has 102 valence electrons. The van der Waals surface area contributed by atoms with E-state index < -0.39 is 10.0 Å². The fourth-order valence-electron chi connectivity index (χ4n) is 1.40. The van der Waals surface area contributed by atoms with E-state index in [1.807, 2.05) is 0 Å². The fourth-order valence-corrected chi connectivity index (χ4v) is 3.61. The lowest BCUT2D eigenvalue weighted by atomic mass is 10.4. The topological polar surface area (TPSA) is 46.6 Å². The molecule has 0 unspecified atom stereocenters. The fraction of sp³-hybridized carbons (Fsp3) is 0.455. The highest BCUT2D eigenvalue weighted by Gasteiger charge is 2.23. The molecular weight excluding hydrogens is 342 g/mol. The molecule has 18 heavy (non-hydrogen) atoms. The lowest BCUT2D eigenvalue weighted by molar-refractivity contribution is 0.181. The number of rotatable bonds is 7. The maximum Gasteiger partial charge on any atom is 0.243 e. The zero-order chi connectivity index (χ0) is 13.6. The molecular formula is C11H15BrClNO3S. The van der Waals surface area contributed by atoms with Crippen molar-refractivity contribution in [3.05, 3.63) is 29.3 Å². The average molecular weight is 357 g/mol. The highest BCUT2D eigenvalue weighted by molar-refractivity contribution is 9.09. The molecule has 0 bridgehead atoms. The largest absolute Gasteiger partial charge is 0.383 e. The molecule has 0 radical (unpaired) electrons. The lowest BCUT2D eigenvalue weighted by Crippen LogP contribution is -2.35. The van der Waals surface area contributed by atoms with Crippen LogP contribution in [-0.2, 0) is 14.8 Å². The number of halogens is 2. The number of alkyl halides is 1. The van der Waals surface area contributed by atoms with Crippen molar-refractivity contribution >= 4 is 37.6 Å². The summed E-state index contributed by atoms with van der Waals surface area (Å²) < 4.78 is 31.0. The molecule has 1 aromatic rings. The van der Waals surface area contributed by atoms with Gasteiger partial charge in [-0.3, -0.25) is 0 Å². The predicted molar refractivity (Wildman–Crippen MR) is 75.9 cm³/mol. The zero-order valence-electron chi connectivity index (χ0n) is 9.97. The van der Waals surface area contributed by atoms with E-state index in [0.717, 1.165) is 0 Å². The Kier molecular flexibility index (Phi) is 6.59. The first-order chi connectivity index (χ1) is 8.52. The van der Waals surface area contributed by atoms with Gasteiger partial charge in [-0.25, -0.2) is 8.42 Å². The molecule has 1 aromatic carbocycles. The minimum Gasteiger partial charge on any atom is -0.383 e. The van der Waals surface area contributed by atoms with Crippen molar-refractivity contribution in [1.82, 2.24) is 4.31 Å². The van der Waals surface area contributed by atoms with Crippen LogP contribution in [0, 0.1) is 0 Å². The number of hydrogen-bond acceptors (Lipinski definition) is 3. The highest BCUT2D eigenvalue weighted by atomic mass is 79.9. The van der Waals surface area contributed by atoms with Crippen molar-refractivity contribution in [2.75, 3.05) is 32.1 Å². The van der Waals surface area contributed by atoms with Crippen LogP contribution >= 0.6 is 27.5 Å². The number of nitrogens with zero attached hydrogens (tertiary/aromatic N) is 1. The van der Waals surface area contributed by atoms with Gasteiger partial charge in [-0.15, -0.1) is 0 Å². The molecule has 0 saturated carbocycles. The lowest BCUT2D eigenvalue weighted by Gasteiger charge is -2.20. The zero-order valence-corrected chi connectivity index (χ0v) is 13.1. The summed E-state index contributed by atoms with van der Waals surface area (Å²) in [7, 11) is -1.94. The first kappa shape index (κ1) is 15.9. The third kappa shape index (κ3) is 4.20. The number of benzene rings is 1. The van der Waals surface area contributed by atoms with Crippen LogP contribution in [0.2, 0.25) is 5.02 Å². The molecule has 0 aliphatic rings. The van der Waals surface area contributed by atoms with Crippen molar-refractivity contribution < 1.29 is 13.2 Å². The molecule has 4 nitrogen and oxygen atoms in total. The molecule has 0 aromatic heterocycles. The second kappa shape index (κ2) is 7.45. The Hall–Kier alpha value is -0.140. The van der Waals surface area contributed by atoms with Gasteiger partial charge in [0.15, 0.2) is 0 Å². The van der Waals surface area contributed by atoms with Gasteiger partial charge in [0, 0.05) is 30.6 Å². The Bertz CT molecular complexity index is 464. The highest BCUT2D eigenvalue weighted by Crippen LogP contribution is 2.18. The van der Waals surface area contributed by atoms with Gasteiger partial charge in [-0.05, 0) is 24.3 Å². The number of hydrogen-bond donors (Lipinski definition) is 0. The Morgan fingerprint density at radius 2 is 1.89 bits per heavy atom. The van der Waals surface area contributed by atoms with Gasteiger partial charge in [0.25, 0.3) is 0 Å². The summed E-state index contributed by atoms with van der Waals surface area (Å²) >= 11 is 9.00. The van der Waals surface area contributed by atoms with Gasteiger partial charge in [0.05, 0.1) is 11.5 Å². The van der Waals surface area contributed by atoms with Crippen molar-refractivity contribution in [3.8, 4) is 0 Å². The minimum absolute atomic E-state index is 0.240. The standard InChI is InChI=1S/C11H15BrClNO3S/c1-17-9-8-14(7-6-12)18(15,16)11-4-2-10(13)3-5-11/h2-5H,6-9H2,1H3. The summed E-state index contributed by atoms with van der Waals surface area (Å²) in [5.41, 5.74) is 0. The third-order valence-electron chi connectivity index (χ3n) is 2.33. The van der Waals surface area contributed by atoms with Crippen LogP contribution in [0.5, 0.6) is 0 Å². The van der Waals surface area contributed by atoms with E-state index in [0.29, 0.717) is 30.0 Å². The van der Waals surface area contributed by atoms with Gasteiger partial charge in [-0.2, -0.15) is 4.31 Å². The van der Waals surface area contributed by atoms with E-state index in [2.05, 4.69) is 15.9 Å². The molecule has 7 heteroatoms. The Labute approximate surface area is 121 Å². The minimum atomic E-state index is -3.49. The summed E-state index contributed by atoms with van der Waals surface area (Å²) in [5, 5.41) is 1.08. The van der Waals surface area contributed by atoms with E-state index in [1.54, 1.807) is 19.2 Å². The molecule has 0 aliphatic heterocycles. The van der Waals surface area contributed by atoms with E-state index in [4.69, 9.17) is 16.3 Å². The van der Waals surface area contributed by atoms with E-state index in [1.165, 1.54) is 16.4 Å². The van der Waals surface area contributed by atoms with Crippen molar-refractivity contribution in [1.29, 1.82) is 0 Å². The normalized spacial score (nSPS) is 12.0. The molecule has 0 saturated heterocycles. The molecule has 0 amide bonds. The van der Waals surface area contributed by atoms with Crippen molar-refractivity contribution in [3.63, 3.8) is 0 Å². The number of methoxy groups -OCH3 is 1. The van der Waals surface area contributed by atoms with Gasteiger partial charge >= 0.3 is 0 Å². The summed E-state index contributed by atoms with van der Waals surface area (Å²) in [6.45, 7) is 1.08. The average Bonchev–Trinajstić information content (AvgIpc) is 2.35. The van der Waals surface area contributed by atoms with Crippen LogP contribution in [0.15, 0.2) is 29.2 Å². The van der Waals surface area contributed by atoms with Gasteiger partial charge < -0.3 is 4.74 Å². The van der Waals surface area contributed by atoms with Crippen LogP contribution < -0.4 is 0 Å². The van der Waals surface area contributed by atoms with Gasteiger partial charge in [0.1, 0.15) is 0 Å². The maximum absolute atomic E-state index is 12.3. The third-order valence-corrected chi connectivity index (χ3v) is 4.85. The number of sulfonamides is 1.